The Morgan fingerprint density at radius 3 is 2.67 bits per heavy atom. The molecule has 5 heteroatoms. The van der Waals surface area contributed by atoms with Crippen LogP contribution in [0, 0.1) is 0 Å². The molecule has 2 rings (SSSR count). The highest BCUT2D eigenvalue weighted by Crippen LogP contribution is 2.22. The molecule has 0 unspecified atom stereocenters. The average molecular weight is 273 g/mol. The first-order valence-electron chi connectivity index (χ1n) is 4.93. The molecule has 0 radical (unpaired) electrons. The lowest BCUT2D eigenvalue weighted by Crippen LogP contribution is -2.22. The van der Waals surface area contributed by atoms with Crippen LogP contribution in [0.4, 0.5) is 5.69 Å². The maximum atomic E-state index is 11.4. The Morgan fingerprint density at radius 1 is 1.40 bits per heavy atom. The molecule has 1 aromatic rings. The average Bonchev–Trinajstić information content (AvgIpc) is 2.26. The Labute approximate surface area is 96.2 Å². The molecule has 2 N–H and O–H groups in total. The molecule has 1 fully saturated rings. The van der Waals surface area contributed by atoms with Crippen LogP contribution in [0.2, 0.25) is 0 Å². The standard InChI is InChI=1S/C10H13BrN2O2/c11-8-5-13(6-9(12)10(8)14)7-1-3-15-4-2-7/h5-7H,1-4,12H2. The summed E-state index contributed by atoms with van der Waals surface area (Å²) in [5.41, 5.74) is 5.78. The van der Waals surface area contributed by atoms with Gasteiger partial charge >= 0.3 is 0 Å². The second-order valence-corrected chi connectivity index (χ2v) is 4.54. The van der Waals surface area contributed by atoms with E-state index in [0.717, 1.165) is 26.1 Å². The molecule has 1 aromatic heterocycles. The summed E-state index contributed by atoms with van der Waals surface area (Å²) in [5, 5.41) is 0. The van der Waals surface area contributed by atoms with E-state index in [1.807, 2.05) is 4.57 Å². The highest BCUT2D eigenvalue weighted by Gasteiger charge is 2.15. The molecular weight excluding hydrogens is 260 g/mol. The number of anilines is 1. The zero-order valence-electron chi connectivity index (χ0n) is 8.28. The molecule has 2 heterocycles. The predicted octanol–water partition coefficient (Wildman–Crippen LogP) is 1.54. The predicted molar refractivity (Wildman–Crippen MR) is 61.9 cm³/mol. The van der Waals surface area contributed by atoms with Crippen LogP contribution in [0.1, 0.15) is 18.9 Å². The van der Waals surface area contributed by atoms with E-state index in [2.05, 4.69) is 15.9 Å². The summed E-state index contributed by atoms with van der Waals surface area (Å²) in [6, 6.07) is 0.387. The van der Waals surface area contributed by atoms with Gasteiger partial charge in [-0.05, 0) is 28.8 Å². The van der Waals surface area contributed by atoms with Gasteiger partial charge in [0, 0.05) is 31.6 Å². The molecule has 82 valence electrons. The Bertz CT molecular complexity index is 384. The summed E-state index contributed by atoms with van der Waals surface area (Å²) in [5.74, 6) is 0. The first-order chi connectivity index (χ1) is 7.18. The number of nitrogens with zero attached hydrogens (tertiary/aromatic N) is 1. The van der Waals surface area contributed by atoms with Crippen molar-refractivity contribution >= 4 is 21.6 Å². The maximum Gasteiger partial charge on any atom is 0.218 e. The van der Waals surface area contributed by atoms with E-state index in [9.17, 15) is 4.79 Å². The second-order valence-electron chi connectivity index (χ2n) is 3.68. The van der Waals surface area contributed by atoms with Crippen LogP contribution >= 0.6 is 15.9 Å². The number of aromatic nitrogens is 1. The third kappa shape index (κ3) is 2.23. The lowest BCUT2D eigenvalue weighted by Gasteiger charge is -2.25. The van der Waals surface area contributed by atoms with Gasteiger partial charge in [-0.25, -0.2) is 0 Å². The summed E-state index contributed by atoms with van der Waals surface area (Å²) < 4.78 is 7.81. The van der Waals surface area contributed by atoms with Crippen molar-refractivity contribution in [2.45, 2.75) is 18.9 Å². The molecule has 0 aromatic carbocycles. The van der Waals surface area contributed by atoms with Crippen molar-refractivity contribution in [1.82, 2.24) is 4.57 Å². The fourth-order valence-electron chi connectivity index (χ4n) is 1.78. The first kappa shape index (κ1) is 10.7. The number of nitrogen functional groups attached to an aromatic ring is 1. The van der Waals surface area contributed by atoms with Gasteiger partial charge in [0.25, 0.3) is 0 Å². The molecule has 0 amide bonds. The Kier molecular flexibility index (Phi) is 3.11. The first-order valence-corrected chi connectivity index (χ1v) is 5.72. The minimum absolute atomic E-state index is 0.140. The molecule has 0 saturated carbocycles. The van der Waals surface area contributed by atoms with Gasteiger partial charge in [0.15, 0.2) is 0 Å². The van der Waals surface area contributed by atoms with Gasteiger partial charge in [0.05, 0.1) is 10.2 Å². The van der Waals surface area contributed by atoms with Gasteiger partial charge in [-0.2, -0.15) is 0 Å². The van der Waals surface area contributed by atoms with Crippen LogP contribution in [0.25, 0.3) is 0 Å². The van der Waals surface area contributed by atoms with Gasteiger partial charge in [0.2, 0.25) is 5.43 Å². The van der Waals surface area contributed by atoms with Crippen molar-refractivity contribution < 1.29 is 4.74 Å². The normalized spacial score (nSPS) is 17.9. The number of ether oxygens (including phenoxy) is 1. The Hall–Kier alpha value is -0.810. The van der Waals surface area contributed by atoms with Crippen LogP contribution in [-0.2, 0) is 4.74 Å². The van der Waals surface area contributed by atoms with Crippen molar-refractivity contribution in [1.29, 1.82) is 0 Å². The van der Waals surface area contributed by atoms with E-state index in [0.29, 0.717) is 10.5 Å². The summed E-state index contributed by atoms with van der Waals surface area (Å²) in [6.07, 6.45) is 5.45. The monoisotopic (exact) mass is 272 g/mol. The van der Waals surface area contributed by atoms with E-state index in [1.54, 1.807) is 12.4 Å². The lowest BCUT2D eigenvalue weighted by molar-refractivity contribution is 0.0694. The Morgan fingerprint density at radius 2 is 2.07 bits per heavy atom. The van der Waals surface area contributed by atoms with Crippen LogP contribution in [0.3, 0.4) is 0 Å². The quantitative estimate of drug-likeness (QED) is 0.844. The second kappa shape index (κ2) is 4.37. The number of halogens is 1. The van der Waals surface area contributed by atoms with Crippen molar-refractivity contribution in [3.63, 3.8) is 0 Å². The summed E-state index contributed by atoms with van der Waals surface area (Å²) in [4.78, 5) is 11.4. The van der Waals surface area contributed by atoms with E-state index in [1.165, 1.54) is 0 Å². The number of rotatable bonds is 1. The number of nitrogens with two attached hydrogens (primary N) is 1. The SMILES string of the molecule is Nc1cn(C2CCOCC2)cc(Br)c1=O. The molecule has 4 nitrogen and oxygen atoms in total. The smallest absolute Gasteiger partial charge is 0.218 e. The van der Waals surface area contributed by atoms with Gasteiger partial charge in [-0.15, -0.1) is 0 Å². The van der Waals surface area contributed by atoms with Crippen LogP contribution in [0.5, 0.6) is 0 Å². The largest absolute Gasteiger partial charge is 0.394 e. The fourth-order valence-corrected chi connectivity index (χ4v) is 2.24. The molecule has 1 aliphatic rings. The van der Waals surface area contributed by atoms with E-state index in [4.69, 9.17) is 10.5 Å². The summed E-state index contributed by atoms with van der Waals surface area (Å²) in [7, 11) is 0. The molecule has 0 bridgehead atoms. The minimum Gasteiger partial charge on any atom is -0.394 e. The number of hydrogen-bond donors (Lipinski definition) is 1. The van der Waals surface area contributed by atoms with Crippen LogP contribution in [0.15, 0.2) is 21.7 Å². The van der Waals surface area contributed by atoms with Crippen LogP contribution < -0.4 is 11.2 Å². The highest BCUT2D eigenvalue weighted by molar-refractivity contribution is 9.10. The van der Waals surface area contributed by atoms with E-state index < -0.39 is 0 Å². The Balaban J connectivity index is 2.31. The van der Waals surface area contributed by atoms with Gasteiger partial charge < -0.3 is 15.0 Å². The highest BCUT2D eigenvalue weighted by atomic mass is 79.9. The topological polar surface area (TPSA) is 57.2 Å². The molecule has 0 aliphatic carbocycles. The molecule has 0 atom stereocenters. The van der Waals surface area contributed by atoms with Crippen molar-refractivity contribution in [3.05, 3.63) is 27.1 Å². The molecule has 1 saturated heterocycles. The lowest BCUT2D eigenvalue weighted by atomic mass is 10.1. The third-order valence-electron chi connectivity index (χ3n) is 2.64. The zero-order chi connectivity index (χ0) is 10.8. The fraction of sp³-hybridized carbons (Fsp3) is 0.500. The summed E-state index contributed by atoms with van der Waals surface area (Å²) >= 11 is 3.22. The summed E-state index contributed by atoms with van der Waals surface area (Å²) in [6.45, 7) is 1.54. The molecule has 15 heavy (non-hydrogen) atoms. The van der Waals surface area contributed by atoms with Crippen molar-refractivity contribution in [2.75, 3.05) is 18.9 Å². The number of pyridine rings is 1. The number of hydrogen-bond acceptors (Lipinski definition) is 3. The van der Waals surface area contributed by atoms with Crippen molar-refractivity contribution in [3.8, 4) is 0 Å². The van der Waals surface area contributed by atoms with Crippen LogP contribution in [-0.4, -0.2) is 17.8 Å². The van der Waals surface area contributed by atoms with E-state index >= 15 is 0 Å². The van der Waals surface area contributed by atoms with Gasteiger partial charge in [0.1, 0.15) is 0 Å². The molecule has 1 aliphatic heterocycles. The van der Waals surface area contributed by atoms with E-state index in [-0.39, 0.29) is 11.1 Å². The van der Waals surface area contributed by atoms with Gasteiger partial charge in [-0.1, -0.05) is 0 Å². The molecule has 0 spiro atoms. The minimum atomic E-state index is -0.140. The van der Waals surface area contributed by atoms with Gasteiger partial charge in [-0.3, -0.25) is 4.79 Å². The maximum absolute atomic E-state index is 11.4. The van der Waals surface area contributed by atoms with Crippen molar-refractivity contribution in [2.24, 2.45) is 0 Å². The zero-order valence-corrected chi connectivity index (χ0v) is 9.87. The third-order valence-corrected chi connectivity index (χ3v) is 3.21. The molecular formula is C10H13BrN2O2.